The highest BCUT2D eigenvalue weighted by atomic mass is 35.5. The van der Waals surface area contributed by atoms with Gasteiger partial charge >= 0.3 is 0 Å². The molecule has 19 heavy (non-hydrogen) atoms. The predicted octanol–water partition coefficient (Wildman–Crippen LogP) is 3.01. The lowest BCUT2D eigenvalue weighted by Gasteiger charge is -2.46. The minimum atomic E-state index is 0.554. The van der Waals surface area contributed by atoms with Gasteiger partial charge in [0.05, 0.1) is 0 Å². The maximum absolute atomic E-state index is 6.09. The number of rotatable bonds is 2. The van der Waals surface area contributed by atoms with Gasteiger partial charge in [-0.15, -0.1) is 0 Å². The van der Waals surface area contributed by atoms with Gasteiger partial charge in [0.15, 0.2) is 0 Å². The molecule has 1 N–H and O–H groups in total. The Kier molecular flexibility index (Phi) is 3.06. The Morgan fingerprint density at radius 1 is 1.16 bits per heavy atom. The molecule has 1 aromatic rings. The standard InChI is InChI=1S/C16H21ClN2/c17-13-2-3-14-12(9-13)1-4-15(14)18-16-10-19-7-5-11(16)6-8-19/h2-3,9,11,15-16,18H,1,4-8,10H2. The van der Waals surface area contributed by atoms with Crippen molar-refractivity contribution in [2.75, 3.05) is 19.6 Å². The van der Waals surface area contributed by atoms with E-state index in [0.29, 0.717) is 12.1 Å². The molecule has 5 rings (SSSR count). The molecule has 3 fully saturated rings. The minimum Gasteiger partial charge on any atom is -0.306 e. The van der Waals surface area contributed by atoms with Crippen LogP contribution in [0, 0.1) is 5.92 Å². The molecule has 3 saturated heterocycles. The number of aryl methyl sites for hydroxylation is 1. The van der Waals surface area contributed by atoms with Gasteiger partial charge in [-0.1, -0.05) is 17.7 Å². The molecule has 1 aliphatic carbocycles. The largest absolute Gasteiger partial charge is 0.306 e. The van der Waals surface area contributed by atoms with Crippen LogP contribution in [0.2, 0.25) is 5.02 Å². The highest BCUT2D eigenvalue weighted by molar-refractivity contribution is 6.30. The van der Waals surface area contributed by atoms with Gasteiger partial charge in [-0.2, -0.15) is 0 Å². The van der Waals surface area contributed by atoms with E-state index >= 15 is 0 Å². The summed E-state index contributed by atoms with van der Waals surface area (Å²) in [5, 5.41) is 4.82. The topological polar surface area (TPSA) is 15.3 Å². The SMILES string of the molecule is Clc1ccc2c(c1)CCC2NC1CN2CCC1CC2. The third-order valence-electron chi connectivity index (χ3n) is 5.25. The second kappa shape index (κ2) is 4.76. The van der Waals surface area contributed by atoms with Gasteiger partial charge in [0, 0.05) is 23.7 Å². The van der Waals surface area contributed by atoms with Crippen LogP contribution in [0.5, 0.6) is 0 Å². The quantitative estimate of drug-likeness (QED) is 0.893. The third kappa shape index (κ3) is 2.20. The van der Waals surface area contributed by atoms with Crippen molar-refractivity contribution in [2.45, 2.75) is 37.8 Å². The van der Waals surface area contributed by atoms with Crippen molar-refractivity contribution in [1.29, 1.82) is 0 Å². The molecule has 2 nitrogen and oxygen atoms in total. The van der Waals surface area contributed by atoms with Crippen molar-refractivity contribution in [3.05, 3.63) is 34.3 Å². The van der Waals surface area contributed by atoms with Crippen LogP contribution in [-0.2, 0) is 6.42 Å². The molecular weight excluding hydrogens is 256 g/mol. The molecule has 102 valence electrons. The molecule has 0 saturated carbocycles. The number of hydrogen-bond donors (Lipinski definition) is 1. The van der Waals surface area contributed by atoms with Crippen LogP contribution in [0.3, 0.4) is 0 Å². The average molecular weight is 277 g/mol. The van der Waals surface area contributed by atoms with E-state index in [1.165, 1.54) is 56.4 Å². The molecule has 3 heterocycles. The monoisotopic (exact) mass is 276 g/mol. The normalized spacial score (nSPS) is 36.5. The summed E-state index contributed by atoms with van der Waals surface area (Å²) in [5.41, 5.74) is 2.94. The van der Waals surface area contributed by atoms with Gasteiger partial charge in [0.1, 0.15) is 0 Å². The summed E-state index contributed by atoms with van der Waals surface area (Å²) in [5.74, 6) is 0.904. The molecule has 3 aliphatic heterocycles. The molecule has 2 atom stereocenters. The number of nitrogens with one attached hydrogen (secondary N) is 1. The zero-order chi connectivity index (χ0) is 12.8. The molecule has 3 heteroatoms. The van der Waals surface area contributed by atoms with Crippen molar-refractivity contribution < 1.29 is 0 Å². The minimum absolute atomic E-state index is 0.554. The Labute approximate surface area is 120 Å². The van der Waals surface area contributed by atoms with Crippen LogP contribution < -0.4 is 5.32 Å². The van der Waals surface area contributed by atoms with Crippen molar-refractivity contribution in [2.24, 2.45) is 5.92 Å². The number of piperidine rings is 3. The Morgan fingerprint density at radius 3 is 2.74 bits per heavy atom. The number of benzene rings is 1. The Hall–Kier alpha value is -0.570. The van der Waals surface area contributed by atoms with E-state index in [1.54, 1.807) is 0 Å². The lowest BCUT2D eigenvalue weighted by molar-refractivity contribution is 0.0670. The third-order valence-corrected chi connectivity index (χ3v) is 5.49. The fourth-order valence-corrected chi connectivity index (χ4v) is 4.37. The molecule has 4 aliphatic rings. The summed E-state index contributed by atoms with van der Waals surface area (Å²) < 4.78 is 0. The molecular formula is C16H21ClN2. The average Bonchev–Trinajstić information content (AvgIpc) is 2.82. The summed E-state index contributed by atoms with van der Waals surface area (Å²) in [6.07, 6.45) is 5.18. The maximum Gasteiger partial charge on any atom is 0.0408 e. The molecule has 1 aromatic carbocycles. The van der Waals surface area contributed by atoms with Gasteiger partial charge in [-0.3, -0.25) is 0 Å². The second-order valence-corrected chi connectivity index (χ2v) is 6.78. The summed E-state index contributed by atoms with van der Waals surface area (Å²) in [6, 6.07) is 7.67. The molecule has 0 spiro atoms. The first-order valence-corrected chi connectivity index (χ1v) is 7.94. The Balaban J connectivity index is 1.50. The zero-order valence-electron chi connectivity index (χ0n) is 11.2. The molecule has 2 unspecified atom stereocenters. The Bertz CT molecular complexity index is 480. The van der Waals surface area contributed by atoms with E-state index in [9.17, 15) is 0 Å². The summed E-state index contributed by atoms with van der Waals surface area (Å²) in [4.78, 5) is 2.62. The van der Waals surface area contributed by atoms with Crippen LogP contribution in [-0.4, -0.2) is 30.6 Å². The van der Waals surface area contributed by atoms with Crippen molar-refractivity contribution in [3.8, 4) is 0 Å². The lowest BCUT2D eigenvalue weighted by Crippen LogP contribution is -2.56. The zero-order valence-corrected chi connectivity index (χ0v) is 12.0. The van der Waals surface area contributed by atoms with E-state index in [1.807, 2.05) is 6.07 Å². The van der Waals surface area contributed by atoms with Gasteiger partial charge in [-0.05, 0) is 68.0 Å². The molecule has 0 radical (unpaired) electrons. The molecule has 0 amide bonds. The van der Waals surface area contributed by atoms with Crippen LogP contribution in [0.25, 0.3) is 0 Å². The van der Waals surface area contributed by atoms with Crippen molar-refractivity contribution in [1.82, 2.24) is 10.2 Å². The van der Waals surface area contributed by atoms with E-state index in [-0.39, 0.29) is 0 Å². The Morgan fingerprint density at radius 2 is 2.00 bits per heavy atom. The second-order valence-electron chi connectivity index (χ2n) is 6.35. The summed E-state index contributed by atoms with van der Waals surface area (Å²) in [7, 11) is 0. The summed E-state index contributed by atoms with van der Waals surface area (Å²) >= 11 is 6.09. The van der Waals surface area contributed by atoms with Gasteiger partial charge < -0.3 is 10.2 Å². The van der Waals surface area contributed by atoms with Crippen LogP contribution >= 0.6 is 11.6 Å². The number of fused-ring (bicyclic) bond motifs is 4. The van der Waals surface area contributed by atoms with Gasteiger partial charge in [0.2, 0.25) is 0 Å². The van der Waals surface area contributed by atoms with Crippen LogP contribution in [0.4, 0.5) is 0 Å². The van der Waals surface area contributed by atoms with E-state index in [0.717, 1.165) is 10.9 Å². The van der Waals surface area contributed by atoms with Gasteiger partial charge in [0.25, 0.3) is 0 Å². The maximum atomic E-state index is 6.09. The number of hydrogen-bond acceptors (Lipinski definition) is 2. The van der Waals surface area contributed by atoms with E-state index in [2.05, 4.69) is 22.3 Å². The fourth-order valence-electron chi connectivity index (χ4n) is 4.17. The molecule has 2 bridgehead atoms. The van der Waals surface area contributed by atoms with Gasteiger partial charge in [-0.25, -0.2) is 0 Å². The highest BCUT2D eigenvalue weighted by Crippen LogP contribution is 2.35. The molecule has 0 aromatic heterocycles. The highest BCUT2D eigenvalue weighted by Gasteiger charge is 2.36. The van der Waals surface area contributed by atoms with Crippen LogP contribution in [0.1, 0.15) is 36.4 Å². The van der Waals surface area contributed by atoms with Crippen molar-refractivity contribution in [3.63, 3.8) is 0 Å². The number of nitrogens with zero attached hydrogens (tertiary/aromatic N) is 1. The van der Waals surface area contributed by atoms with E-state index < -0.39 is 0 Å². The number of halogens is 1. The van der Waals surface area contributed by atoms with Crippen LogP contribution in [0.15, 0.2) is 18.2 Å². The van der Waals surface area contributed by atoms with Crippen molar-refractivity contribution >= 4 is 11.6 Å². The smallest absolute Gasteiger partial charge is 0.0408 e. The first-order chi connectivity index (χ1) is 9.29. The first-order valence-electron chi connectivity index (χ1n) is 7.56. The lowest BCUT2D eigenvalue weighted by atomic mass is 9.83. The predicted molar refractivity (Wildman–Crippen MR) is 78.6 cm³/mol. The first kappa shape index (κ1) is 12.2. The van der Waals surface area contributed by atoms with E-state index in [4.69, 9.17) is 11.6 Å². The fraction of sp³-hybridized carbons (Fsp3) is 0.625. The summed E-state index contributed by atoms with van der Waals surface area (Å²) in [6.45, 7) is 3.89.